The fourth-order valence-corrected chi connectivity index (χ4v) is 11.2. The summed E-state index contributed by atoms with van der Waals surface area (Å²) in [5.41, 5.74) is -4.61. The molecular weight excluding hydrogens is 971 g/mol. The van der Waals surface area contributed by atoms with E-state index in [1.165, 1.54) is 14.0 Å². The van der Waals surface area contributed by atoms with Crippen LogP contribution in [0.5, 0.6) is 0 Å². The van der Waals surface area contributed by atoms with E-state index in [9.17, 15) is 35.1 Å². The van der Waals surface area contributed by atoms with Crippen molar-refractivity contribution in [2.24, 2.45) is 17.8 Å². The van der Waals surface area contributed by atoms with Gasteiger partial charge in [0.2, 0.25) is 5.91 Å². The van der Waals surface area contributed by atoms with Crippen LogP contribution in [0.4, 0.5) is 0 Å². The van der Waals surface area contributed by atoms with Crippen molar-refractivity contribution in [3.63, 3.8) is 0 Å². The summed E-state index contributed by atoms with van der Waals surface area (Å²) < 4.78 is 38.2. The number of cyclic esters (lactones) is 1. The largest absolute Gasteiger partial charge is 0.459 e. The Morgan fingerprint density at radius 1 is 0.816 bits per heavy atom. The van der Waals surface area contributed by atoms with Gasteiger partial charge in [-0.1, -0.05) is 88.5 Å². The number of carbonyl (C=O) groups excluding carboxylic acids is 2. The van der Waals surface area contributed by atoms with E-state index in [0.29, 0.717) is 38.9 Å². The number of aliphatic hydroxyl groups excluding tert-OH is 3. The Morgan fingerprint density at radius 3 is 1.97 bits per heavy atom. The molecule has 0 spiro atoms. The molecule has 2 unspecified atom stereocenters. The van der Waals surface area contributed by atoms with Crippen molar-refractivity contribution in [3.05, 3.63) is 60.8 Å². The van der Waals surface area contributed by atoms with Crippen LogP contribution in [0.25, 0.3) is 0 Å². The second-order valence-corrected chi connectivity index (χ2v) is 23.0. The summed E-state index contributed by atoms with van der Waals surface area (Å²) >= 11 is 0. The summed E-state index contributed by atoms with van der Waals surface area (Å²) in [6.07, 6.45) is 19.9. The first kappa shape index (κ1) is 67.4. The normalized spacial score (nSPS) is 38.2. The molecule has 16 nitrogen and oxygen atoms in total. The monoisotopic (exact) mass is 1080 g/mol. The van der Waals surface area contributed by atoms with Crippen molar-refractivity contribution in [2.45, 2.75) is 250 Å². The molecule has 0 aromatic carbocycles. The lowest BCUT2D eigenvalue weighted by molar-refractivity contribution is -0.318. The average molecular weight is 1080 g/mol. The van der Waals surface area contributed by atoms with Crippen LogP contribution in [0.1, 0.15) is 160 Å². The summed E-state index contributed by atoms with van der Waals surface area (Å²) in [6, 6.07) is -0.976. The van der Waals surface area contributed by atoms with Gasteiger partial charge in [-0.3, -0.25) is 14.5 Å². The fourth-order valence-electron chi connectivity index (χ4n) is 11.2. The van der Waals surface area contributed by atoms with E-state index in [1.807, 2.05) is 46.7 Å². The van der Waals surface area contributed by atoms with Crippen LogP contribution in [0, 0.1) is 17.8 Å². The number of ether oxygens (including phenoxy) is 6. The molecule has 438 valence electrons. The molecule has 0 saturated carbocycles. The molecule has 16 heteroatoms. The van der Waals surface area contributed by atoms with Gasteiger partial charge in [-0.05, 0) is 139 Å². The summed E-state index contributed by atoms with van der Waals surface area (Å²) in [6.45, 7) is 21.0. The summed E-state index contributed by atoms with van der Waals surface area (Å²) in [5.74, 6) is -2.88. The molecule has 3 fully saturated rings. The molecule has 3 rings (SSSR count). The highest BCUT2D eigenvalue weighted by molar-refractivity contribution is 5.75. The number of allylic oxidation sites excluding steroid dienone is 10. The standard InChI is InChI=1S/C60H105N3O13/c1-15-17-18-19-20-21-22-23-24-25-26-27-28-29-30-31-32-34-49(64)61-35-33-36-63-40-41(3)38-58(9,69)55(76-57-51(65)47(62(12)13)37-42(4)72-57)43(5)52(75-50-39-59(10,71-14)54(67)46(8)73-50)44(6)56(68)74-48(16-2)60(11,70)53(66)45(63)7/h17-18,20-21,23-24,26-27,29-30,41-48,50-55,57,65-67,69-70H,15-16,19,22,25,28,31-40H2,1-14H3,(H,61,64)/b18-17-,21-20-,24-23-,27-26-,30-29-/t41-,42-,43+,44-,45-,46+,47+,48-,50?,51-,52+,53-,54+,55-,57?,58-,59-,60-/m1/s1. The minimum Gasteiger partial charge on any atom is -0.459 e. The third-order valence-corrected chi connectivity index (χ3v) is 15.9. The van der Waals surface area contributed by atoms with E-state index in [1.54, 1.807) is 34.6 Å². The first-order chi connectivity index (χ1) is 35.8. The highest BCUT2D eigenvalue weighted by Crippen LogP contribution is 2.40. The zero-order chi connectivity index (χ0) is 56.8. The molecule has 1 amide bonds. The molecule has 0 aliphatic carbocycles. The molecule has 0 aromatic heterocycles. The second-order valence-electron chi connectivity index (χ2n) is 23.0. The number of hydrogen-bond acceptors (Lipinski definition) is 15. The highest BCUT2D eigenvalue weighted by Gasteiger charge is 2.53. The molecule has 3 aliphatic heterocycles. The molecule has 3 saturated heterocycles. The maximum Gasteiger partial charge on any atom is 0.311 e. The zero-order valence-corrected chi connectivity index (χ0v) is 49.1. The maximum absolute atomic E-state index is 14.6. The van der Waals surface area contributed by atoms with E-state index < -0.39 is 96.0 Å². The molecule has 3 heterocycles. The van der Waals surface area contributed by atoms with Crippen molar-refractivity contribution < 1.29 is 63.5 Å². The number of hydrogen-bond donors (Lipinski definition) is 6. The number of nitrogens with one attached hydrogen (secondary N) is 1. The minimum absolute atomic E-state index is 0.0395. The van der Waals surface area contributed by atoms with Gasteiger partial charge in [-0.2, -0.15) is 0 Å². The number of unbranched alkanes of at least 4 members (excludes halogenated alkanes) is 1. The lowest BCUT2D eigenvalue weighted by Crippen LogP contribution is -2.60. The van der Waals surface area contributed by atoms with E-state index in [0.717, 1.165) is 44.9 Å². The molecule has 0 radical (unpaired) electrons. The van der Waals surface area contributed by atoms with Crippen molar-refractivity contribution in [1.29, 1.82) is 0 Å². The number of methoxy groups -OCH3 is 1. The van der Waals surface area contributed by atoms with Crippen LogP contribution in [-0.2, 0) is 38.0 Å². The maximum atomic E-state index is 14.6. The van der Waals surface area contributed by atoms with E-state index >= 15 is 0 Å². The van der Waals surface area contributed by atoms with Crippen LogP contribution in [0.3, 0.4) is 0 Å². The Morgan fingerprint density at radius 2 is 1.41 bits per heavy atom. The van der Waals surface area contributed by atoms with Gasteiger partial charge < -0.3 is 64.2 Å². The Balaban J connectivity index is 1.82. The number of aliphatic hydroxyl groups is 5. The van der Waals surface area contributed by atoms with E-state index in [2.05, 4.69) is 77.9 Å². The Hall–Kier alpha value is -2.84. The lowest BCUT2D eigenvalue weighted by atomic mass is 9.77. The van der Waals surface area contributed by atoms with E-state index in [-0.39, 0.29) is 43.2 Å². The minimum atomic E-state index is -1.91. The number of rotatable bonds is 24. The third kappa shape index (κ3) is 20.7. The number of carbonyl (C=O) groups is 2. The van der Waals surface area contributed by atoms with Gasteiger partial charge in [-0.25, -0.2) is 0 Å². The van der Waals surface area contributed by atoms with Crippen molar-refractivity contribution >= 4 is 11.9 Å². The summed E-state index contributed by atoms with van der Waals surface area (Å²) in [4.78, 5) is 31.5. The van der Waals surface area contributed by atoms with E-state index in [4.69, 9.17) is 28.4 Å². The van der Waals surface area contributed by atoms with Crippen LogP contribution in [0.2, 0.25) is 0 Å². The van der Waals surface area contributed by atoms with Crippen LogP contribution >= 0.6 is 0 Å². The predicted molar refractivity (Wildman–Crippen MR) is 299 cm³/mol. The average Bonchev–Trinajstić information content (AvgIpc) is 3.36. The zero-order valence-electron chi connectivity index (χ0n) is 49.1. The molecule has 3 aliphatic rings. The van der Waals surface area contributed by atoms with Crippen LogP contribution < -0.4 is 5.32 Å². The number of likely N-dealkylation sites (N-methyl/N-ethyl adjacent to an activating group) is 1. The molecule has 0 aromatic rings. The van der Waals surface area contributed by atoms with Crippen molar-refractivity contribution in [2.75, 3.05) is 40.8 Å². The first-order valence-electron chi connectivity index (χ1n) is 28.6. The van der Waals surface area contributed by atoms with Crippen molar-refractivity contribution in [3.8, 4) is 0 Å². The van der Waals surface area contributed by atoms with Crippen LogP contribution in [0.15, 0.2) is 60.8 Å². The topological polar surface area (TPSA) is 209 Å². The molecular formula is C60H105N3O13. The first-order valence-corrected chi connectivity index (χ1v) is 28.6. The molecule has 0 bridgehead atoms. The Labute approximate surface area is 458 Å². The SMILES string of the molecule is CC/C=C\C/C=C\C/C=C\C/C=C\C/C=C\CCCC(=O)NCCCN1C[C@H](C)C[C@@](C)(O)[C@H](OC2O[C@H](C)C[C@H](N(C)C)[C@H]2O)[C@@H](C)[C@H](OC2C[C@@](C)(OC)[C@@H](O)[C@H](C)O2)[C@@H](C)C(=O)O[C@H](CC)[C@@](C)(O)[C@H](O)[C@H]1C. The number of amides is 1. The third-order valence-electron chi connectivity index (χ3n) is 15.9. The summed E-state index contributed by atoms with van der Waals surface area (Å²) in [5, 5.41) is 63.2. The van der Waals surface area contributed by atoms with Gasteiger partial charge in [0, 0.05) is 57.6 Å². The predicted octanol–water partition coefficient (Wildman–Crippen LogP) is 7.70. The van der Waals surface area contributed by atoms with Gasteiger partial charge in [-0.15, -0.1) is 0 Å². The van der Waals surface area contributed by atoms with Crippen LogP contribution in [-0.4, -0.2) is 178 Å². The smallest absolute Gasteiger partial charge is 0.311 e. The molecule has 6 N–H and O–H groups in total. The molecule has 18 atom stereocenters. The Kier molecular flexibility index (Phi) is 29.3. The highest BCUT2D eigenvalue weighted by atomic mass is 16.7. The lowest BCUT2D eigenvalue weighted by Gasteiger charge is -2.48. The number of esters is 1. The van der Waals surface area contributed by atoms with Gasteiger partial charge in [0.25, 0.3) is 0 Å². The van der Waals surface area contributed by atoms with Gasteiger partial charge >= 0.3 is 5.97 Å². The number of nitrogens with zero attached hydrogens (tertiary/aromatic N) is 2. The second kappa shape index (κ2) is 33.0. The van der Waals surface area contributed by atoms with Crippen molar-refractivity contribution in [1.82, 2.24) is 15.1 Å². The van der Waals surface area contributed by atoms with Gasteiger partial charge in [0.1, 0.15) is 30.0 Å². The van der Waals surface area contributed by atoms with Gasteiger partial charge in [0.05, 0.1) is 41.5 Å². The quantitative estimate of drug-likeness (QED) is 0.0311. The summed E-state index contributed by atoms with van der Waals surface area (Å²) in [7, 11) is 5.27. The fraction of sp³-hybridized carbons (Fsp3) is 0.800. The Bertz CT molecular complexity index is 1840. The van der Waals surface area contributed by atoms with Gasteiger partial charge in [0.15, 0.2) is 12.6 Å². The molecule has 76 heavy (non-hydrogen) atoms.